The number of nitrogens with zero attached hydrogens (tertiary/aromatic N) is 1. The predicted octanol–water partition coefficient (Wildman–Crippen LogP) is 2.42. The Morgan fingerprint density at radius 2 is 1.95 bits per heavy atom. The minimum Gasteiger partial charge on any atom is -0.393 e. The largest absolute Gasteiger partial charge is 0.393 e. The minimum atomic E-state index is -3.56. The van der Waals surface area contributed by atoms with Crippen molar-refractivity contribution in [1.82, 2.24) is 5.16 Å². The summed E-state index contributed by atoms with van der Waals surface area (Å²) >= 11 is 0. The number of rotatable bonds is 4. The fourth-order valence-electron chi connectivity index (χ4n) is 8.58. The average molecular weight is 587 g/mol. The van der Waals surface area contributed by atoms with E-state index in [1.807, 2.05) is 13.0 Å². The quantitative estimate of drug-likeness (QED) is 0.418. The van der Waals surface area contributed by atoms with Crippen LogP contribution in [0.5, 0.6) is 0 Å². The Labute approximate surface area is 239 Å². The molecular formula is C30H38N2O8S. The molecule has 0 aliphatic heterocycles. The summed E-state index contributed by atoms with van der Waals surface area (Å²) in [6, 6.07) is 7.03. The van der Waals surface area contributed by atoms with E-state index in [9.17, 15) is 33.3 Å². The summed E-state index contributed by atoms with van der Waals surface area (Å²) < 4.78 is 26.6. The van der Waals surface area contributed by atoms with Gasteiger partial charge in [0, 0.05) is 22.1 Å². The Hall–Kier alpha value is -2.70. The van der Waals surface area contributed by atoms with Gasteiger partial charge < -0.3 is 19.8 Å². The van der Waals surface area contributed by atoms with E-state index in [1.165, 1.54) is 0 Å². The highest BCUT2D eigenvalue weighted by atomic mass is 32.2. The van der Waals surface area contributed by atoms with Gasteiger partial charge in [-0.25, -0.2) is 13.6 Å². The number of sulfonamides is 1. The van der Waals surface area contributed by atoms with E-state index in [1.54, 1.807) is 36.4 Å². The molecule has 10 nitrogen and oxygen atoms in total. The number of para-hydroxylation sites is 1. The molecule has 5 N–H and O–H groups in total. The molecule has 3 saturated carbocycles. The van der Waals surface area contributed by atoms with Crippen LogP contribution in [0.2, 0.25) is 0 Å². The third kappa shape index (κ3) is 4.81. The maximum absolute atomic E-state index is 12.4. The molecule has 2 aromatic rings. The van der Waals surface area contributed by atoms with E-state index in [0.29, 0.717) is 29.5 Å². The average Bonchev–Trinajstić information content (AvgIpc) is 3.42. The number of hydrogen-bond acceptors (Lipinski definition) is 9. The molecule has 8 atom stereocenters. The second-order valence-electron chi connectivity index (χ2n) is 12.7. The molecule has 3 fully saturated rings. The Bertz CT molecular complexity index is 1550. The van der Waals surface area contributed by atoms with Crippen molar-refractivity contribution in [1.29, 1.82) is 0 Å². The number of ketones is 2. The van der Waals surface area contributed by atoms with Crippen molar-refractivity contribution < 1.29 is 37.8 Å². The van der Waals surface area contributed by atoms with Crippen molar-refractivity contribution in [2.75, 3.05) is 6.61 Å². The fraction of sp³-hybridized carbons (Fsp3) is 0.567. The van der Waals surface area contributed by atoms with Gasteiger partial charge in [0.15, 0.2) is 17.1 Å². The zero-order valence-corrected chi connectivity index (χ0v) is 24.3. The summed E-state index contributed by atoms with van der Waals surface area (Å²) in [6.45, 7) is 5.48. The molecule has 0 unspecified atom stereocenters. The number of benzene rings is 1. The Balaban J connectivity index is 0.000000202. The number of nitrogens with two attached hydrogens (primary N) is 1. The monoisotopic (exact) mass is 586 g/mol. The third-order valence-electron chi connectivity index (χ3n) is 10.4. The highest BCUT2D eigenvalue weighted by Crippen LogP contribution is 2.67. The molecule has 0 saturated heterocycles. The third-order valence-corrected chi connectivity index (χ3v) is 11.0. The van der Waals surface area contributed by atoms with E-state index in [-0.39, 0.29) is 40.6 Å². The zero-order valence-electron chi connectivity index (χ0n) is 23.5. The van der Waals surface area contributed by atoms with E-state index < -0.39 is 39.5 Å². The summed E-state index contributed by atoms with van der Waals surface area (Å²) in [5, 5.41) is 41.1. The van der Waals surface area contributed by atoms with E-state index in [0.717, 1.165) is 18.4 Å². The van der Waals surface area contributed by atoms with Crippen molar-refractivity contribution in [3.63, 3.8) is 0 Å². The van der Waals surface area contributed by atoms with Gasteiger partial charge in [0.2, 0.25) is 10.0 Å². The van der Waals surface area contributed by atoms with Gasteiger partial charge in [-0.05, 0) is 67.7 Å². The second kappa shape index (κ2) is 10.2. The van der Waals surface area contributed by atoms with E-state index >= 15 is 0 Å². The lowest BCUT2D eigenvalue weighted by molar-refractivity contribution is -0.180. The number of aromatic nitrogens is 1. The van der Waals surface area contributed by atoms with Gasteiger partial charge in [-0.2, -0.15) is 0 Å². The highest BCUT2D eigenvalue weighted by Gasteiger charge is 2.68. The van der Waals surface area contributed by atoms with Crippen molar-refractivity contribution in [3.8, 4) is 0 Å². The Kier molecular flexibility index (Phi) is 7.43. The van der Waals surface area contributed by atoms with Gasteiger partial charge in [0.1, 0.15) is 23.7 Å². The number of fused-ring (bicyclic) bond motifs is 6. The molecule has 1 aromatic carbocycles. The van der Waals surface area contributed by atoms with Crippen LogP contribution in [0, 0.1) is 34.5 Å². The Morgan fingerprint density at radius 3 is 2.63 bits per heavy atom. The first-order chi connectivity index (χ1) is 19.1. The van der Waals surface area contributed by atoms with Crippen LogP contribution in [0.1, 0.15) is 52.1 Å². The molecule has 0 bridgehead atoms. The smallest absolute Gasteiger partial charge is 0.214 e. The van der Waals surface area contributed by atoms with Crippen molar-refractivity contribution >= 4 is 32.6 Å². The van der Waals surface area contributed by atoms with Crippen LogP contribution >= 0.6 is 0 Å². The van der Waals surface area contributed by atoms with E-state index in [4.69, 9.17) is 9.66 Å². The first-order valence-corrected chi connectivity index (χ1v) is 15.7. The topological polar surface area (TPSA) is 181 Å². The van der Waals surface area contributed by atoms with Crippen LogP contribution in [0.25, 0.3) is 11.0 Å². The number of allylic oxidation sites excluding steroid dienone is 4. The van der Waals surface area contributed by atoms with E-state index in [2.05, 4.69) is 19.0 Å². The SMILES string of the molecule is C[C@H]1C[C@@H]2[C@H]([C@@H](O)C[C@@]3(C)[C@H]2CC[C@]3(O)C(=O)CO)[C@@]2(C)C=CC(=O)C=C12.NS(=O)(=O)Cc1noc2ccccc12. The summed E-state index contributed by atoms with van der Waals surface area (Å²) in [5.74, 6) is -0.378. The number of carbonyl (C=O) groups excluding carboxylic acids is 2. The first kappa shape index (κ1) is 29.8. The van der Waals surface area contributed by atoms with Crippen LogP contribution in [-0.4, -0.2) is 58.8 Å². The summed E-state index contributed by atoms with van der Waals surface area (Å²) in [5.41, 5.74) is -0.679. The molecule has 0 radical (unpaired) electrons. The Morgan fingerprint density at radius 1 is 1.24 bits per heavy atom. The number of Topliss-reactive ketones (excluding diaryl/α,β-unsaturated/α-hetero) is 1. The molecule has 1 heterocycles. The summed E-state index contributed by atoms with van der Waals surface area (Å²) in [6.07, 6.45) is 6.87. The number of aliphatic hydroxyl groups is 3. The lowest BCUT2D eigenvalue weighted by Crippen LogP contribution is -2.62. The molecular weight excluding hydrogens is 548 g/mol. The first-order valence-electron chi connectivity index (χ1n) is 14.0. The lowest BCUT2D eigenvalue weighted by atomic mass is 9.45. The number of primary sulfonamides is 1. The molecule has 11 heteroatoms. The molecule has 0 spiro atoms. The van der Waals surface area contributed by atoms with Gasteiger partial charge in [0.05, 0.1) is 6.10 Å². The molecule has 41 heavy (non-hydrogen) atoms. The van der Waals surface area contributed by atoms with Crippen LogP contribution < -0.4 is 5.14 Å². The van der Waals surface area contributed by atoms with Crippen molar-refractivity contribution in [2.24, 2.45) is 39.6 Å². The highest BCUT2D eigenvalue weighted by molar-refractivity contribution is 7.88. The van der Waals surface area contributed by atoms with Gasteiger partial charge in [-0.3, -0.25) is 9.59 Å². The minimum absolute atomic E-state index is 0.00620. The van der Waals surface area contributed by atoms with Gasteiger partial charge in [-0.1, -0.05) is 49.7 Å². The maximum atomic E-state index is 12.4. The van der Waals surface area contributed by atoms with Gasteiger partial charge >= 0.3 is 0 Å². The molecule has 6 rings (SSSR count). The molecule has 4 aliphatic carbocycles. The fourth-order valence-corrected chi connectivity index (χ4v) is 9.17. The predicted molar refractivity (Wildman–Crippen MR) is 150 cm³/mol. The number of hydrogen-bond donors (Lipinski definition) is 4. The zero-order chi connectivity index (χ0) is 30.0. The maximum Gasteiger partial charge on any atom is 0.214 e. The summed E-state index contributed by atoms with van der Waals surface area (Å²) in [7, 11) is -3.56. The molecule has 0 amide bonds. The van der Waals surface area contributed by atoms with Gasteiger partial charge in [-0.15, -0.1) is 0 Å². The van der Waals surface area contributed by atoms with Gasteiger partial charge in [0.25, 0.3) is 0 Å². The van der Waals surface area contributed by atoms with Crippen molar-refractivity contribution in [3.05, 3.63) is 53.8 Å². The molecule has 222 valence electrons. The van der Waals surface area contributed by atoms with Crippen LogP contribution in [0.15, 0.2) is 52.6 Å². The molecule has 4 aliphatic rings. The number of aliphatic hydroxyl groups excluding tert-OH is 2. The van der Waals surface area contributed by atoms with Crippen LogP contribution in [0.3, 0.4) is 0 Å². The number of carbonyl (C=O) groups is 2. The summed E-state index contributed by atoms with van der Waals surface area (Å²) in [4.78, 5) is 24.4. The normalized spacial score (nSPS) is 37.9. The standard InChI is InChI=1S/C22H30O5.C8H8N2O3S/c1-12-8-14-15-5-7-22(27,18(26)11-23)21(15,3)10-17(25)19(14)20(2)6-4-13(24)9-16(12)20;9-14(11,12)5-7-6-3-1-2-4-8(6)13-10-7/h4,6,9,12,14-15,17,19,23,25,27H,5,7-8,10-11H2,1-3H3;1-4H,5H2,(H2,9,11,12)/t12-,14-,15-,17-,19+,20-,21-,22-;/m0./s1. The van der Waals surface area contributed by atoms with Crippen LogP contribution in [0.4, 0.5) is 0 Å². The lowest BCUT2D eigenvalue weighted by Gasteiger charge is -2.60. The molecule has 1 aromatic heterocycles. The van der Waals surface area contributed by atoms with Crippen LogP contribution in [-0.2, 0) is 25.4 Å². The second-order valence-corrected chi connectivity index (χ2v) is 14.3. The van der Waals surface area contributed by atoms with Crippen molar-refractivity contribution in [2.45, 2.75) is 63.9 Å².